The highest BCUT2D eigenvalue weighted by atomic mass is 32.1. The molecule has 9 heteroatoms. The molecular formula is C32H32N4O4S. The Hall–Kier alpha value is -4.65. The number of nitriles is 1. The van der Waals surface area contributed by atoms with Gasteiger partial charge in [0, 0.05) is 13.1 Å². The standard InChI is InChI=1S/C32H32N4O4S/c1-21-27(18-33)32(41-29(21)30(34)37)35-31(38)28(17-22-7-5-4-6-8-22)36(19-23-9-13-25(39-2)14-10-23)20-24-11-15-26(40-3)16-12-24/h4-16,28H,17,19-20H2,1-3H3,(H2,34,37)(H,35,38). The van der Waals surface area contributed by atoms with Crippen LogP contribution in [0.5, 0.6) is 11.5 Å². The van der Waals surface area contributed by atoms with Gasteiger partial charge < -0.3 is 20.5 Å². The van der Waals surface area contributed by atoms with E-state index in [1.54, 1.807) is 21.1 Å². The molecule has 1 unspecified atom stereocenters. The molecule has 0 aliphatic rings. The van der Waals surface area contributed by atoms with Gasteiger partial charge in [-0.3, -0.25) is 14.5 Å². The number of carbonyl (C=O) groups excluding carboxylic acids is 2. The Bertz CT molecular complexity index is 1480. The number of amides is 2. The highest BCUT2D eigenvalue weighted by Gasteiger charge is 2.29. The van der Waals surface area contributed by atoms with Gasteiger partial charge in [-0.2, -0.15) is 5.26 Å². The van der Waals surface area contributed by atoms with Crippen molar-refractivity contribution in [3.63, 3.8) is 0 Å². The lowest BCUT2D eigenvalue weighted by Crippen LogP contribution is -2.44. The van der Waals surface area contributed by atoms with Gasteiger partial charge >= 0.3 is 0 Å². The molecule has 8 nitrogen and oxygen atoms in total. The van der Waals surface area contributed by atoms with Gasteiger partial charge in [-0.1, -0.05) is 54.6 Å². The van der Waals surface area contributed by atoms with Crippen molar-refractivity contribution in [2.75, 3.05) is 19.5 Å². The molecule has 0 saturated heterocycles. The molecule has 1 heterocycles. The SMILES string of the molecule is COc1ccc(CN(Cc2ccc(OC)cc2)C(Cc2ccccc2)C(=O)Nc2sc(C(N)=O)c(C)c2C#N)cc1. The summed E-state index contributed by atoms with van der Waals surface area (Å²) in [5, 5.41) is 13.1. The number of hydrogen-bond acceptors (Lipinski definition) is 7. The molecule has 1 atom stereocenters. The average Bonchev–Trinajstić information content (AvgIpc) is 3.31. The Morgan fingerprint density at radius 1 is 0.902 bits per heavy atom. The second-order valence-corrected chi connectivity index (χ2v) is 10.6. The van der Waals surface area contributed by atoms with Crippen LogP contribution in [0.15, 0.2) is 78.9 Å². The molecule has 0 fully saturated rings. The maximum Gasteiger partial charge on any atom is 0.259 e. The first-order valence-corrected chi connectivity index (χ1v) is 13.8. The van der Waals surface area contributed by atoms with Crippen LogP contribution < -0.4 is 20.5 Å². The number of carbonyl (C=O) groups is 2. The zero-order valence-electron chi connectivity index (χ0n) is 23.2. The summed E-state index contributed by atoms with van der Waals surface area (Å²) >= 11 is 1.02. The van der Waals surface area contributed by atoms with Gasteiger partial charge in [-0.25, -0.2) is 0 Å². The van der Waals surface area contributed by atoms with Crippen molar-refractivity contribution in [3.8, 4) is 17.6 Å². The predicted octanol–water partition coefficient (Wildman–Crippen LogP) is 5.30. The molecule has 2 amide bonds. The number of nitrogens with two attached hydrogens (primary N) is 1. The zero-order valence-corrected chi connectivity index (χ0v) is 24.0. The minimum absolute atomic E-state index is 0.243. The number of nitrogens with zero attached hydrogens (tertiary/aromatic N) is 2. The number of thiophene rings is 1. The van der Waals surface area contributed by atoms with Gasteiger partial charge in [-0.15, -0.1) is 11.3 Å². The van der Waals surface area contributed by atoms with E-state index in [-0.39, 0.29) is 16.3 Å². The van der Waals surface area contributed by atoms with Gasteiger partial charge in [-0.05, 0) is 59.9 Å². The molecule has 1 aromatic heterocycles. The first kappa shape index (κ1) is 29.3. The summed E-state index contributed by atoms with van der Waals surface area (Å²) in [6.45, 7) is 2.61. The molecule has 0 saturated carbocycles. The monoisotopic (exact) mass is 568 g/mol. The van der Waals surface area contributed by atoms with Crippen molar-refractivity contribution in [2.45, 2.75) is 32.5 Å². The molecule has 3 N–H and O–H groups in total. The van der Waals surface area contributed by atoms with Crippen LogP contribution in [0, 0.1) is 18.3 Å². The molecule has 0 radical (unpaired) electrons. The molecule has 41 heavy (non-hydrogen) atoms. The van der Waals surface area contributed by atoms with Gasteiger partial charge in [0.2, 0.25) is 5.91 Å². The molecule has 0 bridgehead atoms. The summed E-state index contributed by atoms with van der Waals surface area (Å²) in [4.78, 5) is 28.4. The summed E-state index contributed by atoms with van der Waals surface area (Å²) < 4.78 is 10.7. The van der Waals surface area contributed by atoms with Crippen LogP contribution in [0.25, 0.3) is 0 Å². The Labute approximate surface area is 243 Å². The number of methoxy groups -OCH3 is 2. The summed E-state index contributed by atoms with van der Waals surface area (Å²) in [6.07, 6.45) is 0.425. The molecule has 4 aromatic rings. The summed E-state index contributed by atoms with van der Waals surface area (Å²) in [5.41, 5.74) is 9.24. The van der Waals surface area contributed by atoms with Crippen LogP contribution in [0.3, 0.4) is 0 Å². The maximum absolute atomic E-state index is 14.1. The molecule has 3 aromatic carbocycles. The van der Waals surface area contributed by atoms with Crippen molar-refractivity contribution in [2.24, 2.45) is 5.73 Å². The second kappa shape index (κ2) is 13.6. The summed E-state index contributed by atoms with van der Waals surface area (Å²) in [6, 6.07) is 26.8. The first-order chi connectivity index (χ1) is 19.8. The Morgan fingerprint density at radius 2 is 1.44 bits per heavy atom. The number of nitrogens with one attached hydrogen (secondary N) is 1. The molecule has 210 valence electrons. The van der Waals surface area contributed by atoms with E-state index in [1.807, 2.05) is 78.9 Å². The molecule has 0 spiro atoms. The van der Waals surface area contributed by atoms with Gasteiger partial charge in [0.25, 0.3) is 5.91 Å². The summed E-state index contributed by atoms with van der Waals surface area (Å²) in [5.74, 6) is 0.573. The van der Waals surface area contributed by atoms with Crippen LogP contribution in [0.4, 0.5) is 5.00 Å². The number of rotatable bonds is 12. The smallest absolute Gasteiger partial charge is 0.259 e. The third kappa shape index (κ3) is 7.31. The first-order valence-electron chi connectivity index (χ1n) is 13.0. The molecule has 0 aliphatic heterocycles. The predicted molar refractivity (Wildman–Crippen MR) is 160 cm³/mol. The number of ether oxygens (including phenoxy) is 2. The molecule has 4 rings (SSSR count). The Balaban J connectivity index is 1.73. The van der Waals surface area contributed by atoms with Crippen LogP contribution in [0.1, 0.15) is 37.5 Å². The average molecular weight is 569 g/mol. The van der Waals surface area contributed by atoms with Gasteiger partial charge in [0.1, 0.15) is 22.6 Å². The van der Waals surface area contributed by atoms with Crippen LogP contribution in [-0.2, 0) is 24.3 Å². The fourth-order valence-corrected chi connectivity index (χ4v) is 5.61. The lowest BCUT2D eigenvalue weighted by Gasteiger charge is -2.31. The van der Waals surface area contributed by atoms with E-state index in [9.17, 15) is 14.9 Å². The number of benzene rings is 3. The fourth-order valence-electron chi connectivity index (χ4n) is 4.60. The largest absolute Gasteiger partial charge is 0.497 e. The maximum atomic E-state index is 14.1. The zero-order chi connectivity index (χ0) is 29.4. The second-order valence-electron chi connectivity index (χ2n) is 9.53. The van der Waals surface area contributed by atoms with E-state index < -0.39 is 11.9 Å². The van der Waals surface area contributed by atoms with Crippen molar-refractivity contribution in [1.82, 2.24) is 4.90 Å². The van der Waals surface area contributed by atoms with E-state index in [2.05, 4.69) is 16.3 Å². The third-order valence-electron chi connectivity index (χ3n) is 6.82. The minimum atomic E-state index is -0.633. The van der Waals surface area contributed by atoms with Gasteiger partial charge in [0.05, 0.1) is 30.7 Å². The normalized spacial score (nSPS) is 11.5. The summed E-state index contributed by atoms with van der Waals surface area (Å²) in [7, 11) is 3.24. The van der Waals surface area contributed by atoms with E-state index in [0.29, 0.717) is 30.1 Å². The van der Waals surface area contributed by atoms with Crippen molar-refractivity contribution in [1.29, 1.82) is 5.26 Å². The third-order valence-corrected chi connectivity index (χ3v) is 8.05. The lowest BCUT2D eigenvalue weighted by molar-refractivity contribution is -0.121. The van der Waals surface area contributed by atoms with Crippen LogP contribution in [-0.4, -0.2) is 37.0 Å². The number of primary amides is 1. The Kier molecular flexibility index (Phi) is 9.74. The highest BCUT2D eigenvalue weighted by Crippen LogP contribution is 2.33. The number of anilines is 1. The minimum Gasteiger partial charge on any atom is -0.497 e. The highest BCUT2D eigenvalue weighted by molar-refractivity contribution is 7.18. The van der Waals surface area contributed by atoms with Crippen molar-refractivity contribution < 1.29 is 19.1 Å². The molecular weight excluding hydrogens is 536 g/mol. The van der Waals surface area contributed by atoms with Crippen molar-refractivity contribution >= 4 is 28.2 Å². The topological polar surface area (TPSA) is 118 Å². The van der Waals surface area contributed by atoms with E-state index in [4.69, 9.17) is 15.2 Å². The fraction of sp³-hybridized carbons (Fsp3) is 0.219. The van der Waals surface area contributed by atoms with Crippen molar-refractivity contribution in [3.05, 3.63) is 112 Å². The van der Waals surface area contributed by atoms with E-state index in [1.165, 1.54) is 0 Å². The van der Waals surface area contributed by atoms with E-state index in [0.717, 1.165) is 39.5 Å². The van der Waals surface area contributed by atoms with Crippen LogP contribution in [0.2, 0.25) is 0 Å². The van der Waals surface area contributed by atoms with Gasteiger partial charge in [0.15, 0.2) is 0 Å². The van der Waals surface area contributed by atoms with E-state index >= 15 is 0 Å². The quantitative estimate of drug-likeness (QED) is 0.240. The lowest BCUT2D eigenvalue weighted by atomic mass is 10.0. The van der Waals surface area contributed by atoms with Crippen LogP contribution >= 0.6 is 11.3 Å². The molecule has 0 aliphatic carbocycles. The number of hydrogen-bond donors (Lipinski definition) is 2. The Morgan fingerprint density at radius 3 is 1.90 bits per heavy atom.